The normalized spacial score (nSPS) is 11.8. The van der Waals surface area contributed by atoms with Gasteiger partial charge in [0.05, 0.1) is 27.8 Å². The van der Waals surface area contributed by atoms with Crippen molar-refractivity contribution < 1.29 is 0 Å². The number of nitrogens with zero attached hydrogens (tertiary/aromatic N) is 3. The zero-order valence-corrected chi connectivity index (χ0v) is 28.2. The molecule has 3 aromatic heterocycles. The van der Waals surface area contributed by atoms with Crippen LogP contribution < -0.4 is 0 Å². The van der Waals surface area contributed by atoms with Crippen molar-refractivity contribution in [2.45, 2.75) is 0 Å². The molecule has 52 heavy (non-hydrogen) atoms. The molecule has 0 N–H and O–H groups in total. The Balaban J connectivity index is 1.07. The summed E-state index contributed by atoms with van der Waals surface area (Å²) in [4.78, 5) is 4.83. The monoisotopic (exact) mass is 661 g/mol. The van der Waals surface area contributed by atoms with Gasteiger partial charge in [-0.15, -0.1) is 0 Å². The summed E-state index contributed by atoms with van der Waals surface area (Å²) in [7, 11) is 0. The molecule has 0 atom stereocenters. The third kappa shape index (κ3) is 4.36. The van der Waals surface area contributed by atoms with Gasteiger partial charge in [-0.25, -0.2) is 0 Å². The lowest BCUT2D eigenvalue weighted by atomic mass is 10.0. The van der Waals surface area contributed by atoms with Crippen LogP contribution in [0.3, 0.4) is 0 Å². The second-order valence-electron chi connectivity index (χ2n) is 13.6. The van der Waals surface area contributed by atoms with Crippen LogP contribution in [-0.4, -0.2) is 14.1 Å². The van der Waals surface area contributed by atoms with Gasteiger partial charge in [0.2, 0.25) is 0 Å². The van der Waals surface area contributed by atoms with Crippen LogP contribution in [-0.2, 0) is 0 Å². The van der Waals surface area contributed by atoms with Crippen LogP contribution in [0, 0.1) is 0 Å². The fraction of sp³-hybridized carbons (Fsp3) is 0. The van der Waals surface area contributed by atoms with E-state index in [1.165, 1.54) is 76.6 Å². The van der Waals surface area contributed by atoms with E-state index in [4.69, 9.17) is 4.98 Å². The Bertz CT molecular complexity index is 3190. The number of benzene rings is 8. The summed E-state index contributed by atoms with van der Waals surface area (Å²) in [6.45, 7) is 0. The molecule has 3 nitrogen and oxygen atoms in total. The van der Waals surface area contributed by atoms with Gasteiger partial charge in [0.1, 0.15) is 0 Å². The van der Waals surface area contributed by atoms with E-state index in [9.17, 15) is 0 Å². The van der Waals surface area contributed by atoms with E-state index in [0.29, 0.717) is 0 Å². The zero-order valence-electron chi connectivity index (χ0n) is 28.2. The van der Waals surface area contributed by atoms with Crippen LogP contribution in [0.5, 0.6) is 0 Å². The van der Waals surface area contributed by atoms with Crippen LogP contribution in [0.4, 0.5) is 0 Å². The molecule has 242 valence electrons. The lowest BCUT2D eigenvalue weighted by Crippen LogP contribution is -1.95. The quantitative estimate of drug-likeness (QED) is 0.184. The lowest BCUT2D eigenvalue weighted by molar-refractivity contribution is 1.18. The third-order valence-electron chi connectivity index (χ3n) is 10.7. The maximum absolute atomic E-state index is 4.83. The van der Waals surface area contributed by atoms with Crippen LogP contribution in [0.15, 0.2) is 188 Å². The Morgan fingerprint density at radius 3 is 1.56 bits per heavy atom. The molecule has 0 saturated heterocycles. The highest BCUT2D eigenvalue weighted by Crippen LogP contribution is 2.39. The molecular formula is C49H31N3. The van der Waals surface area contributed by atoms with Gasteiger partial charge in [0.15, 0.2) is 0 Å². The minimum Gasteiger partial charge on any atom is -0.309 e. The van der Waals surface area contributed by atoms with E-state index in [0.717, 1.165) is 22.3 Å². The standard InChI is InChI=1S/C49H31N3/c1-2-12-34-28-39(23-20-32(34)10-1)52-46-19-8-6-17-42(46)44-31-36(22-25-48(44)52)35-21-24-47-43(30-35)41-16-5-7-18-45(41)51(47)38-14-9-13-37(29-38)49-40-15-4-3-11-33(40)26-27-50-49/h1-31H. The second-order valence-corrected chi connectivity index (χ2v) is 13.6. The Kier molecular flexibility index (Phi) is 6.25. The molecule has 0 aliphatic rings. The number of hydrogen-bond donors (Lipinski definition) is 0. The number of rotatable bonds is 4. The SMILES string of the molecule is c1cc(-c2nccc3ccccc23)cc(-n2c3ccccc3c3cc(-c4ccc5c(c4)c4ccccc4n5-c4ccc5ccccc5c4)ccc32)c1. The lowest BCUT2D eigenvalue weighted by Gasteiger charge is -2.12. The molecule has 11 aromatic rings. The van der Waals surface area contributed by atoms with E-state index in [1.807, 2.05) is 6.20 Å². The molecule has 0 unspecified atom stereocenters. The predicted octanol–water partition coefficient (Wildman–Crippen LogP) is 12.9. The van der Waals surface area contributed by atoms with E-state index in [-0.39, 0.29) is 0 Å². The van der Waals surface area contributed by atoms with E-state index in [2.05, 4.69) is 191 Å². The summed E-state index contributed by atoms with van der Waals surface area (Å²) < 4.78 is 4.79. The smallest absolute Gasteiger partial charge is 0.0781 e. The number of aromatic nitrogens is 3. The third-order valence-corrected chi connectivity index (χ3v) is 10.7. The fourth-order valence-electron chi connectivity index (χ4n) is 8.32. The Labute approximate surface area is 300 Å². The van der Waals surface area contributed by atoms with Gasteiger partial charge in [0, 0.05) is 50.1 Å². The molecular weight excluding hydrogens is 631 g/mol. The fourth-order valence-corrected chi connectivity index (χ4v) is 8.32. The molecule has 8 aromatic carbocycles. The Morgan fingerprint density at radius 2 is 0.865 bits per heavy atom. The first kappa shape index (κ1) is 28.8. The topological polar surface area (TPSA) is 22.8 Å². The summed E-state index contributed by atoms with van der Waals surface area (Å²) in [6.07, 6.45) is 1.91. The highest BCUT2D eigenvalue weighted by atomic mass is 15.0. The van der Waals surface area contributed by atoms with Crippen molar-refractivity contribution in [2.75, 3.05) is 0 Å². The molecule has 0 aliphatic heterocycles. The number of pyridine rings is 1. The highest BCUT2D eigenvalue weighted by molar-refractivity contribution is 6.13. The molecule has 0 spiro atoms. The van der Waals surface area contributed by atoms with Crippen molar-refractivity contribution in [3.05, 3.63) is 188 Å². The molecule has 0 fully saturated rings. The molecule has 0 radical (unpaired) electrons. The maximum Gasteiger partial charge on any atom is 0.0781 e. The summed E-state index contributed by atoms with van der Waals surface area (Å²) in [5.41, 5.74) is 11.6. The van der Waals surface area contributed by atoms with Crippen molar-refractivity contribution in [1.29, 1.82) is 0 Å². The first-order valence-electron chi connectivity index (χ1n) is 17.8. The summed E-state index contributed by atoms with van der Waals surface area (Å²) in [6, 6.07) is 66.0. The minimum atomic E-state index is 1.00. The van der Waals surface area contributed by atoms with Gasteiger partial charge in [-0.1, -0.05) is 115 Å². The molecule has 3 heteroatoms. The largest absolute Gasteiger partial charge is 0.309 e. The molecule has 3 heterocycles. The average molecular weight is 662 g/mol. The van der Waals surface area contributed by atoms with Crippen LogP contribution in [0.2, 0.25) is 0 Å². The van der Waals surface area contributed by atoms with Crippen LogP contribution in [0.1, 0.15) is 0 Å². The highest BCUT2D eigenvalue weighted by Gasteiger charge is 2.17. The summed E-state index contributed by atoms with van der Waals surface area (Å²) in [5, 5.41) is 9.83. The van der Waals surface area contributed by atoms with Crippen LogP contribution >= 0.6 is 0 Å². The predicted molar refractivity (Wildman–Crippen MR) is 219 cm³/mol. The molecule has 0 bridgehead atoms. The number of fused-ring (bicyclic) bond motifs is 8. The molecule has 11 rings (SSSR count). The first-order chi connectivity index (χ1) is 25.8. The van der Waals surface area contributed by atoms with Crippen molar-refractivity contribution in [3.8, 4) is 33.8 Å². The molecule has 0 saturated carbocycles. The van der Waals surface area contributed by atoms with Crippen molar-refractivity contribution in [3.63, 3.8) is 0 Å². The second kappa shape index (κ2) is 11.3. The van der Waals surface area contributed by atoms with Gasteiger partial charge in [-0.05, 0) is 94.0 Å². The van der Waals surface area contributed by atoms with Crippen molar-refractivity contribution in [1.82, 2.24) is 14.1 Å². The van der Waals surface area contributed by atoms with Gasteiger partial charge in [-0.2, -0.15) is 0 Å². The first-order valence-corrected chi connectivity index (χ1v) is 17.8. The maximum atomic E-state index is 4.83. The Morgan fingerprint density at radius 1 is 0.308 bits per heavy atom. The van der Waals surface area contributed by atoms with Gasteiger partial charge in [0.25, 0.3) is 0 Å². The van der Waals surface area contributed by atoms with E-state index in [1.54, 1.807) is 0 Å². The van der Waals surface area contributed by atoms with Crippen molar-refractivity contribution >= 4 is 65.2 Å². The summed E-state index contributed by atoms with van der Waals surface area (Å²) in [5.74, 6) is 0. The van der Waals surface area contributed by atoms with E-state index >= 15 is 0 Å². The average Bonchev–Trinajstić information content (AvgIpc) is 3.73. The van der Waals surface area contributed by atoms with E-state index < -0.39 is 0 Å². The minimum absolute atomic E-state index is 1.00. The Hall–Kier alpha value is -6.97. The number of hydrogen-bond acceptors (Lipinski definition) is 1. The summed E-state index contributed by atoms with van der Waals surface area (Å²) >= 11 is 0. The molecule has 0 aliphatic carbocycles. The number of para-hydroxylation sites is 2. The van der Waals surface area contributed by atoms with Gasteiger partial charge in [-0.3, -0.25) is 4.98 Å². The van der Waals surface area contributed by atoms with Crippen LogP contribution in [0.25, 0.3) is 98.9 Å². The zero-order chi connectivity index (χ0) is 34.2. The molecule has 0 amide bonds. The van der Waals surface area contributed by atoms with Gasteiger partial charge >= 0.3 is 0 Å². The van der Waals surface area contributed by atoms with Gasteiger partial charge < -0.3 is 9.13 Å². The van der Waals surface area contributed by atoms with Crippen molar-refractivity contribution in [2.24, 2.45) is 0 Å².